The maximum atomic E-state index is 13.7. The highest BCUT2D eigenvalue weighted by molar-refractivity contribution is 5.97. The van der Waals surface area contributed by atoms with Gasteiger partial charge in [-0.2, -0.15) is 45.0 Å². The van der Waals surface area contributed by atoms with Gasteiger partial charge in [-0.05, 0) is 136 Å². The van der Waals surface area contributed by atoms with Gasteiger partial charge in [0.15, 0.2) is 0 Å². The molecule has 6 aliphatic rings. The van der Waals surface area contributed by atoms with E-state index in [-0.39, 0.29) is 66.4 Å². The molecule has 6 fully saturated rings. The zero-order valence-corrected chi connectivity index (χ0v) is 51.0. The zero-order chi connectivity index (χ0) is 64.1. The van der Waals surface area contributed by atoms with Crippen LogP contribution in [0.5, 0.6) is 0 Å². The summed E-state index contributed by atoms with van der Waals surface area (Å²) in [5.41, 5.74) is 0.260. The van der Waals surface area contributed by atoms with Crippen molar-refractivity contribution in [2.24, 2.45) is 0 Å². The van der Waals surface area contributed by atoms with Crippen LogP contribution in [0.15, 0.2) is 91.4 Å². The average Bonchev–Trinajstić information content (AvgIpc) is 3.74. The van der Waals surface area contributed by atoms with E-state index in [0.29, 0.717) is 64.5 Å². The van der Waals surface area contributed by atoms with Gasteiger partial charge in [-0.15, -0.1) is 0 Å². The molecule has 2 amide bonds. The lowest BCUT2D eigenvalue weighted by molar-refractivity contribution is 0.0527. The Balaban J connectivity index is 0.000000146. The lowest BCUT2D eigenvalue weighted by Crippen LogP contribution is -2.46. The molecule has 3 aromatic heterocycles. The summed E-state index contributed by atoms with van der Waals surface area (Å²) < 4.78 is 80.1. The largest absolute Gasteiger partial charge is 0.478 e. The molecule has 0 bridgehead atoms. The molecule has 0 spiro atoms. The number of nitrogens with zero attached hydrogens (tertiary/aromatic N) is 11. The number of piperidine rings is 3. The minimum Gasteiger partial charge on any atom is -0.478 e. The molecule has 5 N–H and O–H groups in total. The van der Waals surface area contributed by atoms with Crippen LogP contribution in [0.1, 0.15) is 221 Å². The Bertz CT molecular complexity index is 3290. The highest BCUT2D eigenvalue weighted by Gasteiger charge is 2.60. The number of carbonyl (C=O) groups is 3. The van der Waals surface area contributed by atoms with Crippen molar-refractivity contribution in [1.82, 2.24) is 60.1 Å². The number of likely N-dealkylation sites (tertiary alicyclic amines) is 2. The first-order valence-corrected chi connectivity index (χ1v) is 30.1. The maximum Gasteiger partial charge on any atom is 0.335 e. The summed E-state index contributed by atoms with van der Waals surface area (Å²) in [6, 6.07) is 19.9. The van der Waals surface area contributed by atoms with Crippen LogP contribution in [0, 0.1) is 0 Å². The van der Waals surface area contributed by atoms with Crippen LogP contribution >= 0.6 is 0 Å². The number of aromatic carboxylic acids is 1. The van der Waals surface area contributed by atoms with E-state index in [4.69, 9.17) is 5.11 Å². The molecule has 476 valence electrons. The summed E-state index contributed by atoms with van der Waals surface area (Å²) in [5, 5.41) is 68.2. The Morgan fingerprint density at radius 3 is 1.09 bits per heavy atom. The van der Waals surface area contributed by atoms with E-state index in [0.717, 1.165) is 45.1 Å². The van der Waals surface area contributed by atoms with E-state index in [9.17, 15) is 56.0 Å². The number of aromatic nitrogens is 9. The smallest absolute Gasteiger partial charge is 0.335 e. The topological polar surface area (TPSA) is 243 Å². The van der Waals surface area contributed by atoms with Crippen LogP contribution < -0.4 is 5.32 Å². The first kappa shape index (κ1) is 65.4. The predicted molar refractivity (Wildman–Crippen MR) is 312 cm³/mol. The van der Waals surface area contributed by atoms with Crippen molar-refractivity contribution in [3.8, 4) is 0 Å². The van der Waals surface area contributed by atoms with E-state index in [1.165, 1.54) is 30.6 Å². The molecule has 25 heteroatoms. The number of aliphatic hydroxyl groups is 3. The van der Waals surface area contributed by atoms with Gasteiger partial charge in [-0.3, -0.25) is 9.59 Å². The highest BCUT2D eigenvalue weighted by atomic mass is 19.3. The van der Waals surface area contributed by atoms with Gasteiger partial charge in [0, 0.05) is 68.1 Å². The molecule has 3 aromatic carbocycles. The fourth-order valence-electron chi connectivity index (χ4n) is 11.4. The lowest BCUT2D eigenvalue weighted by Gasteiger charge is -2.38. The first-order chi connectivity index (χ1) is 41.1. The van der Waals surface area contributed by atoms with E-state index in [1.54, 1.807) is 127 Å². The Labute approximate surface area is 507 Å². The predicted octanol–water partition coefficient (Wildman–Crippen LogP) is 10.3. The second-order valence-electron chi connectivity index (χ2n) is 26.1. The second-order valence-corrected chi connectivity index (χ2v) is 26.1. The van der Waals surface area contributed by atoms with E-state index in [1.807, 2.05) is 13.8 Å². The quantitative estimate of drug-likeness (QED) is 0.0716. The zero-order valence-electron chi connectivity index (χ0n) is 51.0. The first-order valence-electron chi connectivity index (χ1n) is 30.1. The van der Waals surface area contributed by atoms with Crippen molar-refractivity contribution < 1.29 is 61.2 Å². The van der Waals surface area contributed by atoms with E-state index < -0.39 is 58.3 Å². The fraction of sp³-hybridized carbons (Fsp3) is 0.571. The molecular formula is C63H80F6N12O7. The number of amides is 2. The normalized spacial score (nSPS) is 26.0. The Kier molecular flexibility index (Phi) is 18.6. The molecule has 6 heterocycles. The second kappa shape index (κ2) is 25.1. The van der Waals surface area contributed by atoms with Gasteiger partial charge < -0.3 is 35.5 Å². The number of hydrogen-bond donors (Lipinski definition) is 5. The van der Waals surface area contributed by atoms with Gasteiger partial charge in [0.05, 0.1) is 60.0 Å². The van der Waals surface area contributed by atoms with Crippen LogP contribution in [-0.2, 0) is 16.8 Å². The highest BCUT2D eigenvalue weighted by Crippen LogP contribution is 2.58. The van der Waals surface area contributed by atoms with Crippen molar-refractivity contribution >= 4 is 17.8 Å². The number of benzene rings is 3. The molecule has 1 unspecified atom stereocenters. The molecule has 9 atom stereocenters. The van der Waals surface area contributed by atoms with Gasteiger partial charge >= 0.3 is 5.97 Å². The van der Waals surface area contributed by atoms with Crippen LogP contribution in [-0.4, -0.2) is 149 Å². The van der Waals surface area contributed by atoms with Crippen molar-refractivity contribution in [3.63, 3.8) is 0 Å². The molecule has 88 heavy (non-hydrogen) atoms. The Morgan fingerprint density at radius 1 is 0.489 bits per heavy atom. The number of carboxylic acid groups (broad SMARTS) is 1. The summed E-state index contributed by atoms with van der Waals surface area (Å²) in [4.78, 5) is 45.6. The maximum absolute atomic E-state index is 13.7. The summed E-state index contributed by atoms with van der Waals surface area (Å²) >= 11 is 0. The molecule has 19 nitrogen and oxygen atoms in total. The Morgan fingerprint density at radius 2 is 0.795 bits per heavy atom. The minimum atomic E-state index is -2.72. The molecule has 3 saturated carbocycles. The summed E-state index contributed by atoms with van der Waals surface area (Å²) in [6.45, 7) is 17.9. The number of halogens is 6. The molecule has 3 aliphatic heterocycles. The molecule has 3 aliphatic carbocycles. The third-order valence-electron chi connectivity index (χ3n) is 17.4. The SMILES string of the molecule is C[C@@H]1CC[C@@H](n2ncc(C(C)(C)O)n2)CN1.C[C@@H]1CC[C@@H](n2ncc(C(C)(C)O)n2)CN1C(=O)c1ccccc1[C@@H]1CC1(F)F.C[C@@H]1CC[C@@H](n2ncc(C(C)(C)O)n2)CN1C(=O)c1ccccc1[C@H]1CC1(F)F.O=C(O)c1ccccc1C1CC1(F)F. The number of rotatable bonds is 12. The van der Waals surface area contributed by atoms with Crippen molar-refractivity contribution in [3.05, 3.63) is 142 Å². The molecule has 6 aromatic rings. The lowest BCUT2D eigenvalue weighted by atomic mass is 9.96. The van der Waals surface area contributed by atoms with Gasteiger partial charge in [0.25, 0.3) is 29.6 Å². The summed E-state index contributed by atoms with van der Waals surface area (Å²) in [5.74, 6) is -12.4. The number of nitrogens with one attached hydrogen (secondary N) is 1. The monoisotopic (exact) mass is 1230 g/mol. The minimum absolute atomic E-state index is 0.00386. The average molecular weight is 1230 g/mol. The summed E-state index contributed by atoms with van der Waals surface area (Å²) in [7, 11) is 0. The van der Waals surface area contributed by atoms with Gasteiger partial charge in [0.2, 0.25) is 0 Å². The van der Waals surface area contributed by atoms with Gasteiger partial charge in [-0.1, -0.05) is 54.6 Å². The van der Waals surface area contributed by atoms with Crippen LogP contribution in [0.3, 0.4) is 0 Å². The number of carboxylic acids is 1. The van der Waals surface area contributed by atoms with Crippen LogP contribution in [0.25, 0.3) is 0 Å². The molecule has 0 radical (unpaired) electrons. The Hall–Kier alpha value is -7.09. The van der Waals surface area contributed by atoms with Gasteiger partial charge in [0.1, 0.15) is 33.9 Å². The van der Waals surface area contributed by atoms with E-state index in [2.05, 4.69) is 42.8 Å². The number of alkyl halides is 6. The van der Waals surface area contributed by atoms with Crippen LogP contribution in [0.2, 0.25) is 0 Å². The standard InChI is InChI=1S/2C21H26F2N4O2.C11H20N4O.C10H8F2O2/c2*1-13-8-9-14(27-24-11-18(25-27)20(2,3)29)12-26(13)19(28)16-7-5-4-6-15(16)17-10-21(17,22)23;1-8-4-5-9(6-12-8)15-13-7-10(14-15)11(2,3)16;11-10(12)5-8(10)6-3-1-2-4-7(6)9(13)14/h2*4-7,11,13-14,17,29H,8-10,12H2,1-3H3;7-9,12,16H,4-6H2,1-3H3;1-4,8H,5H2,(H,13,14)/t13-,14-,17+;13-,14-,17-;8-,9-;/m111./s1. The third-order valence-corrected chi connectivity index (χ3v) is 17.4. The molecule has 12 rings (SSSR count). The third kappa shape index (κ3) is 15.1. The van der Waals surface area contributed by atoms with Crippen LogP contribution in [0.4, 0.5) is 26.3 Å². The van der Waals surface area contributed by atoms with Gasteiger partial charge in [-0.25, -0.2) is 31.1 Å². The van der Waals surface area contributed by atoms with Crippen molar-refractivity contribution in [1.29, 1.82) is 0 Å². The fourth-order valence-corrected chi connectivity index (χ4v) is 11.4. The van der Waals surface area contributed by atoms with Crippen molar-refractivity contribution in [2.45, 2.75) is 209 Å². The summed E-state index contributed by atoms with van der Waals surface area (Å²) in [6.07, 6.45) is 9.44. The number of carbonyl (C=O) groups excluding carboxylic acids is 2. The molecule has 3 saturated heterocycles. The van der Waals surface area contributed by atoms with E-state index >= 15 is 0 Å². The van der Waals surface area contributed by atoms with Crippen molar-refractivity contribution in [2.75, 3.05) is 19.6 Å². The molecular weight excluding hydrogens is 1150 g/mol. The number of hydrogen-bond acceptors (Lipinski definition) is 13.